The van der Waals surface area contributed by atoms with Crippen LogP contribution in [0.15, 0.2) is 24.3 Å². The summed E-state index contributed by atoms with van der Waals surface area (Å²) in [6.07, 6.45) is 0.638. The number of hydrogen-bond donors (Lipinski definition) is 3. The molecule has 2 amide bonds. The average Bonchev–Trinajstić information content (AvgIpc) is 2.36. The lowest BCUT2D eigenvalue weighted by Crippen LogP contribution is -2.38. The molecule has 5 nitrogen and oxygen atoms in total. The van der Waals surface area contributed by atoms with Crippen LogP contribution in [0, 0.1) is 0 Å². The van der Waals surface area contributed by atoms with Crippen molar-refractivity contribution in [3.05, 3.63) is 34.9 Å². The second-order valence-corrected chi connectivity index (χ2v) is 4.49. The molecule has 1 atom stereocenters. The number of benzene rings is 1. The first-order valence-electron chi connectivity index (χ1n) is 6.04. The fourth-order valence-electron chi connectivity index (χ4n) is 1.61. The Morgan fingerprint density at radius 1 is 1.32 bits per heavy atom. The zero-order valence-corrected chi connectivity index (χ0v) is 11.4. The zero-order chi connectivity index (χ0) is 14.3. The maximum atomic E-state index is 11.6. The molecule has 6 heteroatoms. The first-order chi connectivity index (χ1) is 9.02. The van der Waals surface area contributed by atoms with Crippen LogP contribution < -0.4 is 10.6 Å². The molecule has 0 heterocycles. The van der Waals surface area contributed by atoms with Gasteiger partial charge in [0, 0.05) is 11.6 Å². The van der Waals surface area contributed by atoms with Gasteiger partial charge in [0.25, 0.3) is 0 Å². The Morgan fingerprint density at radius 3 is 2.47 bits per heavy atom. The number of carboxylic acid groups (broad SMARTS) is 1. The largest absolute Gasteiger partial charge is 0.481 e. The number of aliphatic carboxylic acids is 1. The Hall–Kier alpha value is -1.75. The molecular weight excluding hydrogens is 268 g/mol. The summed E-state index contributed by atoms with van der Waals surface area (Å²) in [7, 11) is 0. The highest BCUT2D eigenvalue weighted by molar-refractivity contribution is 6.30. The Morgan fingerprint density at radius 2 is 1.95 bits per heavy atom. The van der Waals surface area contributed by atoms with Crippen LogP contribution in [0.1, 0.15) is 31.4 Å². The Bertz CT molecular complexity index is 434. The predicted octanol–water partition coefficient (Wildman–Crippen LogP) is 2.57. The van der Waals surface area contributed by atoms with Crippen LogP contribution in [0.25, 0.3) is 0 Å². The van der Waals surface area contributed by atoms with Crippen molar-refractivity contribution in [2.24, 2.45) is 0 Å². The minimum Gasteiger partial charge on any atom is -0.481 e. The molecule has 19 heavy (non-hydrogen) atoms. The monoisotopic (exact) mass is 284 g/mol. The van der Waals surface area contributed by atoms with E-state index >= 15 is 0 Å². The van der Waals surface area contributed by atoms with Gasteiger partial charge in [-0.25, -0.2) is 4.79 Å². The fraction of sp³-hybridized carbons (Fsp3) is 0.385. The van der Waals surface area contributed by atoms with Crippen molar-refractivity contribution in [2.45, 2.75) is 25.8 Å². The summed E-state index contributed by atoms with van der Waals surface area (Å²) in [6, 6.07) is 6.75. The van der Waals surface area contributed by atoms with Gasteiger partial charge in [-0.2, -0.15) is 0 Å². The van der Waals surface area contributed by atoms with E-state index in [1.165, 1.54) is 0 Å². The molecule has 0 spiro atoms. The van der Waals surface area contributed by atoms with Crippen molar-refractivity contribution in [1.29, 1.82) is 0 Å². The standard InChI is InChI=1S/C13H17ClN2O3/c1-2-11(9-3-5-10(14)6-4-9)16-13(19)15-8-7-12(17)18/h3-6,11H,2,7-8H2,1H3,(H,17,18)(H2,15,16,19). The second-order valence-electron chi connectivity index (χ2n) is 4.06. The van der Waals surface area contributed by atoms with Crippen molar-refractivity contribution in [1.82, 2.24) is 10.6 Å². The van der Waals surface area contributed by atoms with Gasteiger partial charge in [-0.1, -0.05) is 30.7 Å². The highest BCUT2D eigenvalue weighted by atomic mass is 35.5. The summed E-state index contributed by atoms with van der Waals surface area (Å²) in [5.74, 6) is -0.940. The lowest BCUT2D eigenvalue weighted by Gasteiger charge is -2.17. The summed E-state index contributed by atoms with van der Waals surface area (Å²) in [4.78, 5) is 21.9. The number of carboxylic acids is 1. The van der Waals surface area contributed by atoms with Gasteiger partial charge in [-0.05, 0) is 24.1 Å². The van der Waals surface area contributed by atoms with E-state index in [2.05, 4.69) is 10.6 Å². The number of rotatable bonds is 6. The maximum Gasteiger partial charge on any atom is 0.315 e. The molecule has 1 aromatic carbocycles. The van der Waals surface area contributed by atoms with Crippen LogP contribution in [-0.2, 0) is 4.79 Å². The Balaban J connectivity index is 2.50. The van der Waals surface area contributed by atoms with Gasteiger partial charge in [-0.15, -0.1) is 0 Å². The Kier molecular flexibility index (Phi) is 6.15. The maximum absolute atomic E-state index is 11.6. The molecule has 0 bridgehead atoms. The molecule has 0 saturated heterocycles. The SMILES string of the molecule is CCC(NC(=O)NCCC(=O)O)c1ccc(Cl)cc1. The zero-order valence-electron chi connectivity index (χ0n) is 10.6. The summed E-state index contributed by atoms with van der Waals surface area (Å²) in [5.41, 5.74) is 0.959. The van der Waals surface area contributed by atoms with E-state index in [4.69, 9.17) is 16.7 Å². The van der Waals surface area contributed by atoms with Gasteiger partial charge < -0.3 is 15.7 Å². The quantitative estimate of drug-likeness (QED) is 0.751. The average molecular weight is 285 g/mol. The van der Waals surface area contributed by atoms with Crippen LogP contribution >= 0.6 is 11.6 Å². The topological polar surface area (TPSA) is 78.4 Å². The van der Waals surface area contributed by atoms with Crippen molar-refractivity contribution < 1.29 is 14.7 Å². The van der Waals surface area contributed by atoms with Gasteiger partial charge in [0.15, 0.2) is 0 Å². The number of nitrogens with one attached hydrogen (secondary N) is 2. The van der Waals surface area contributed by atoms with Gasteiger partial charge in [0.1, 0.15) is 0 Å². The molecule has 0 radical (unpaired) electrons. The lowest BCUT2D eigenvalue weighted by atomic mass is 10.1. The molecule has 3 N–H and O–H groups in total. The van der Waals surface area contributed by atoms with Crippen LogP contribution in [0.2, 0.25) is 5.02 Å². The summed E-state index contributed by atoms with van der Waals surface area (Å²) in [5, 5.41) is 14.4. The van der Waals surface area contributed by atoms with E-state index in [0.717, 1.165) is 12.0 Å². The minimum atomic E-state index is -0.940. The van der Waals surface area contributed by atoms with Crippen LogP contribution in [0.5, 0.6) is 0 Å². The normalized spacial score (nSPS) is 11.7. The van der Waals surface area contributed by atoms with E-state index in [1.54, 1.807) is 12.1 Å². The molecule has 0 aliphatic carbocycles. The van der Waals surface area contributed by atoms with Crippen LogP contribution in [0.3, 0.4) is 0 Å². The van der Waals surface area contributed by atoms with E-state index in [9.17, 15) is 9.59 Å². The van der Waals surface area contributed by atoms with Crippen molar-refractivity contribution in [3.8, 4) is 0 Å². The molecule has 0 saturated carbocycles. The number of carbonyl (C=O) groups excluding carboxylic acids is 1. The van der Waals surface area contributed by atoms with Crippen molar-refractivity contribution in [2.75, 3.05) is 6.54 Å². The number of hydrogen-bond acceptors (Lipinski definition) is 2. The molecule has 0 aliphatic rings. The third kappa shape index (κ3) is 5.61. The van der Waals surface area contributed by atoms with E-state index in [-0.39, 0.29) is 25.0 Å². The molecule has 0 aliphatic heterocycles. The molecule has 0 aromatic heterocycles. The summed E-state index contributed by atoms with van der Waals surface area (Å²) < 4.78 is 0. The van der Waals surface area contributed by atoms with Crippen molar-refractivity contribution in [3.63, 3.8) is 0 Å². The van der Waals surface area contributed by atoms with Gasteiger partial charge in [0.05, 0.1) is 12.5 Å². The number of amides is 2. The van der Waals surface area contributed by atoms with Gasteiger partial charge >= 0.3 is 12.0 Å². The van der Waals surface area contributed by atoms with Crippen LogP contribution in [-0.4, -0.2) is 23.7 Å². The smallest absolute Gasteiger partial charge is 0.315 e. The number of urea groups is 1. The third-order valence-corrected chi connectivity index (χ3v) is 2.86. The predicted molar refractivity (Wildman–Crippen MR) is 73.3 cm³/mol. The summed E-state index contributed by atoms with van der Waals surface area (Å²) >= 11 is 5.81. The molecule has 1 rings (SSSR count). The molecule has 1 aromatic rings. The van der Waals surface area contributed by atoms with E-state index in [0.29, 0.717) is 5.02 Å². The Labute approximate surface area is 117 Å². The second kappa shape index (κ2) is 7.63. The van der Waals surface area contributed by atoms with E-state index < -0.39 is 5.97 Å². The first-order valence-corrected chi connectivity index (χ1v) is 6.42. The lowest BCUT2D eigenvalue weighted by molar-refractivity contribution is -0.136. The van der Waals surface area contributed by atoms with Gasteiger partial charge in [-0.3, -0.25) is 4.79 Å². The first kappa shape index (κ1) is 15.3. The molecule has 0 fully saturated rings. The molecule has 1 unspecified atom stereocenters. The van der Waals surface area contributed by atoms with Crippen molar-refractivity contribution >= 4 is 23.6 Å². The molecular formula is C13H17ClN2O3. The highest BCUT2D eigenvalue weighted by Crippen LogP contribution is 2.18. The third-order valence-electron chi connectivity index (χ3n) is 2.61. The fourth-order valence-corrected chi connectivity index (χ4v) is 1.73. The highest BCUT2D eigenvalue weighted by Gasteiger charge is 2.12. The van der Waals surface area contributed by atoms with E-state index in [1.807, 2.05) is 19.1 Å². The summed E-state index contributed by atoms with van der Waals surface area (Å²) in [6.45, 7) is 2.06. The van der Waals surface area contributed by atoms with Crippen LogP contribution in [0.4, 0.5) is 4.79 Å². The van der Waals surface area contributed by atoms with Gasteiger partial charge in [0.2, 0.25) is 0 Å². The molecule has 104 valence electrons. The number of halogens is 1. The minimum absolute atomic E-state index is 0.0921. The number of carbonyl (C=O) groups is 2.